The zero-order valence-corrected chi connectivity index (χ0v) is 10.7. The summed E-state index contributed by atoms with van der Waals surface area (Å²) < 4.78 is 11.2. The molecule has 1 aliphatic rings. The van der Waals surface area contributed by atoms with Crippen LogP contribution in [0.3, 0.4) is 0 Å². The van der Waals surface area contributed by atoms with Gasteiger partial charge in [-0.05, 0) is 31.4 Å². The molecule has 18 heavy (non-hydrogen) atoms. The predicted molar refractivity (Wildman–Crippen MR) is 68.9 cm³/mol. The maximum atomic E-state index is 10.9. The van der Waals surface area contributed by atoms with E-state index in [0.29, 0.717) is 12.3 Å². The predicted octanol–water partition coefficient (Wildman–Crippen LogP) is 0.871. The van der Waals surface area contributed by atoms with E-state index in [9.17, 15) is 9.90 Å². The van der Waals surface area contributed by atoms with Gasteiger partial charge in [0.2, 0.25) is 5.91 Å². The van der Waals surface area contributed by atoms with E-state index in [-0.39, 0.29) is 17.3 Å². The lowest BCUT2D eigenvalue weighted by atomic mass is 9.79. The Morgan fingerprint density at radius 2 is 2.22 bits per heavy atom. The maximum Gasteiger partial charge on any atom is 0.494 e. The van der Waals surface area contributed by atoms with Gasteiger partial charge in [-0.25, -0.2) is 0 Å². The van der Waals surface area contributed by atoms with Gasteiger partial charge in [-0.1, -0.05) is 6.07 Å². The van der Waals surface area contributed by atoms with Gasteiger partial charge in [0.1, 0.15) is 5.75 Å². The number of hydrogen-bond donors (Lipinski definition) is 2. The van der Waals surface area contributed by atoms with Crippen molar-refractivity contribution in [1.29, 1.82) is 0 Å². The molecule has 1 amide bonds. The molecule has 0 unspecified atom stereocenters. The first-order chi connectivity index (χ1) is 8.37. The number of carbonyl (C=O) groups is 1. The van der Waals surface area contributed by atoms with Gasteiger partial charge in [0, 0.05) is 6.92 Å². The van der Waals surface area contributed by atoms with Gasteiger partial charge in [-0.2, -0.15) is 0 Å². The zero-order valence-electron chi connectivity index (χ0n) is 10.7. The van der Waals surface area contributed by atoms with Crippen molar-refractivity contribution in [3.8, 4) is 5.75 Å². The fourth-order valence-corrected chi connectivity index (χ4v) is 1.79. The third-order valence-electron chi connectivity index (χ3n) is 2.61. The zero-order chi connectivity index (χ0) is 13.3. The average Bonchev–Trinajstić information content (AvgIpc) is 2.61. The number of benzene rings is 1. The molecule has 1 fully saturated rings. The number of phenols is 1. The normalized spacial score (nSPS) is 17.8. The fraction of sp³-hybridized carbons (Fsp3) is 0.417. The first-order valence-electron chi connectivity index (χ1n) is 5.77. The topological polar surface area (TPSA) is 67.8 Å². The van der Waals surface area contributed by atoms with Crippen LogP contribution in [-0.2, 0) is 14.1 Å². The molecule has 6 heteroatoms. The third kappa shape index (κ3) is 2.83. The highest BCUT2D eigenvalue weighted by Gasteiger charge is 2.38. The van der Waals surface area contributed by atoms with Crippen LogP contribution in [0, 0.1) is 0 Å². The molecule has 0 aliphatic carbocycles. The fourth-order valence-electron chi connectivity index (χ4n) is 1.79. The number of anilines is 1. The Balaban J connectivity index is 2.17. The highest BCUT2D eigenvalue weighted by atomic mass is 16.7. The van der Waals surface area contributed by atoms with Crippen LogP contribution >= 0.6 is 0 Å². The van der Waals surface area contributed by atoms with Gasteiger partial charge in [-0.3, -0.25) is 4.79 Å². The summed E-state index contributed by atoms with van der Waals surface area (Å²) in [5.41, 5.74) is 0.784. The van der Waals surface area contributed by atoms with Gasteiger partial charge >= 0.3 is 7.12 Å². The SMILES string of the molecule is CC(=O)Nc1ccc(B2OCC(C)(C)O2)cc1O. The van der Waals surface area contributed by atoms with Crippen LogP contribution in [-0.4, -0.2) is 30.3 Å². The second-order valence-electron chi connectivity index (χ2n) is 4.98. The molecule has 1 aromatic carbocycles. The summed E-state index contributed by atoms with van der Waals surface area (Å²) in [6.45, 7) is 5.78. The minimum atomic E-state index is -0.475. The smallest absolute Gasteiger partial charge is 0.494 e. The van der Waals surface area contributed by atoms with Gasteiger partial charge in [0.15, 0.2) is 0 Å². The molecular formula is C12H16BNO4. The second-order valence-corrected chi connectivity index (χ2v) is 4.98. The van der Waals surface area contributed by atoms with Crippen molar-refractivity contribution in [2.45, 2.75) is 26.4 Å². The lowest BCUT2D eigenvalue weighted by molar-refractivity contribution is -0.114. The summed E-state index contributed by atoms with van der Waals surface area (Å²) in [6, 6.07) is 4.93. The average molecular weight is 249 g/mol. The molecule has 0 aromatic heterocycles. The van der Waals surface area contributed by atoms with Gasteiger partial charge in [0.05, 0.1) is 17.9 Å². The molecule has 0 spiro atoms. The van der Waals surface area contributed by atoms with E-state index in [1.165, 1.54) is 13.0 Å². The third-order valence-corrected chi connectivity index (χ3v) is 2.61. The highest BCUT2D eigenvalue weighted by Crippen LogP contribution is 2.24. The van der Waals surface area contributed by atoms with Crippen molar-refractivity contribution in [3.05, 3.63) is 18.2 Å². The Morgan fingerprint density at radius 3 is 2.72 bits per heavy atom. The Morgan fingerprint density at radius 1 is 1.50 bits per heavy atom. The number of rotatable bonds is 2. The Hall–Kier alpha value is -1.53. The Bertz CT molecular complexity index is 475. The number of aromatic hydroxyl groups is 1. The minimum absolute atomic E-state index is 0.000365. The lowest BCUT2D eigenvalue weighted by Gasteiger charge is -2.15. The van der Waals surface area contributed by atoms with Crippen molar-refractivity contribution in [3.63, 3.8) is 0 Å². The molecule has 96 valence electrons. The van der Waals surface area contributed by atoms with Crippen molar-refractivity contribution in [1.82, 2.24) is 0 Å². The first kappa shape index (κ1) is 12.9. The number of hydrogen-bond acceptors (Lipinski definition) is 4. The first-order valence-corrected chi connectivity index (χ1v) is 5.77. The minimum Gasteiger partial charge on any atom is -0.506 e. The van der Waals surface area contributed by atoms with E-state index < -0.39 is 7.12 Å². The summed E-state index contributed by atoms with van der Waals surface area (Å²) in [7, 11) is -0.475. The van der Waals surface area contributed by atoms with E-state index >= 15 is 0 Å². The van der Waals surface area contributed by atoms with Crippen LogP contribution in [0.15, 0.2) is 18.2 Å². The van der Waals surface area contributed by atoms with Crippen LogP contribution in [0.2, 0.25) is 0 Å². The van der Waals surface area contributed by atoms with Gasteiger partial charge < -0.3 is 19.7 Å². The molecule has 0 saturated carbocycles. The molecule has 1 aromatic rings. The van der Waals surface area contributed by atoms with E-state index in [1.54, 1.807) is 12.1 Å². The molecule has 2 N–H and O–H groups in total. The Labute approximate surface area is 106 Å². The maximum absolute atomic E-state index is 10.9. The molecule has 0 radical (unpaired) electrons. The van der Waals surface area contributed by atoms with E-state index in [1.807, 2.05) is 13.8 Å². The van der Waals surface area contributed by atoms with E-state index in [4.69, 9.17) is 9.31 Å². The quantitative estimate of drug-likeness (QED) is 0.602. The van der Waals surface area contributed by atoms with Gasteiger partial charge in [0.25, 0.3) is 0 Å². The molecule has 5 nitrogen and oxygen atoms in total. The molecule has 1 heterocycles. The number of amides is 1. The molecule has 2 rings (SSSR count). The monoisotopic (exact) mass is 249 g/mol. The van der Waals surface area contributed by atoms with Crippen LogP contribution in [0.4, 0.5) is 5.69 Å². The van der Waals surface area contributed by atoms with Crippen molar-refractivity contribution >= 4 is 24.2 Å². The largest absolute Gasteiger partial charge is 0.506 e. The summed E-state index contributed by atoms with van der Waals surface area (Å²) >= 11 is 0. The molecule has 1 saturated heterocycles. The molecule has 1 aliphatic heterocycles. The van der Waals surface area contributed by atoms with Crippen LogP contribution < -0.4 is 10.8 Å². The standard InChI is InChI=1S/C12H16BNO4/c1-8(15)14-10-5-4-9(6-11(10)16)13-17-7-12(2,3)18-13/h4-6,16H,7H2,1-3H3,(H,14,15). The van der Waals surface area contributed by atoms with Crippen LogP contribution in [0.5, 0.6) is 5.75 Å². The highest BCUT2D eigenvalue weighted by molar-refractivity contribution is 6.62. The van der Waals surface area contributed by atoms with E-state index in [2.05, 4.69) is 5.32 Å². The summed E-state index contributed by atoms with van der Waals surface area (Å²) in [6.07, 6.45) is 0. The van der Waals surface area contributed by atoms with E-state index in [0.717, 1.165) is 5.46 Å². The molecular weight excluding hydrogens is 233 g/mol. The summed E-state index contributed by atoms with van der Waals surface area (Å²) in [5.74, 6) is -0.229. The van der Waals surface area contributed by atoms with Crippen molar-refractivity contribution in [2.24, 2.45) is 0 Å². The number of nitrogens with one attached hydrogen (secondary N) is 1. The number of phenolic OH excluding ortho intramolecular Hbond substituents is 1. The molecule has 0 atom stereocenters. The van der Waals surface area contributed by atoms with Crippen molar-refractivity contribution < 1.29 is 19.2 Å². The van der Waals surface area contributed by atoms with Gasteiger partial charge in [-0.15, -0.1) is 0 Å². The summed E-state index contributed by atoms with van der Waals surface area (Å²) in [5, 5.41) is 12.3. The Kier molecular flexibility index (Phi) is 3.32. The lowest BCUT2D eigenvalue weighted by Crippen LogP contribution is -2.34. The van der Waals surface area contributed by atoms with Crippen LogP contribution in [0.1, 0.15) is 20.8 Å². The second kappa shape index (κ2) is 4.63. The van der Waals surface area contributed by atoms with Crippen molar-refractivity contribution in [2.75, 3.05) is 11.9 Å². The van der Waals surface area contributed by atoms with Crippen LogP contribution in [0.25, 0.3) is 0 Å². The summed E-state index contributed by atoms with van der Waals surface area (Å²) in [4.78, 5) is 10.9. The molecule has 0 bridgehead atoms. The number of carbonyl (C=O) groups excluding carboxylic acids is 1.